The number of carboxylic acid groups (broad SMARTS) is 1. The number of carbonyl (C=O) groups excluding carboxylic acids is 1. The van der Waals surface area contributed by atoms with Gasteiger partial charge in [0.2, 0.25) is 0 Å². The highest BCUT2D eigenvalue weighted by Gasteiger charge is 2.20. The normalized spacial score (nSPS) is 11.8. The molecule has 0 saturated carbocycles. The van der Waals surface area contributed by atoms with Crippen molar-refractivity contribution < 1.29 is 37.7 Å². The molecule has 0 aromatic heterocycles. The average molecular weight is 430 g/mol. The number of rotatable bonds is 9. The van der Waals surface area contributed by atoms with Crippen molar-refractivity contribution in [3.05, 3.63) is 64.2 Å². The first-order chi connectivity index (χ1) is 13.8. The number of methoxy groups -OCH3 is 1. The summed E-state index contributed by atoms with van der Waals surface area (Å²) in [5.74, 6) is -1.64. The number of hydrogen-bond donors (Lipinski definition) is 2. The molecule has 0 fully saturated rings. The highest BCUT2D eigenvalue weighted by Crippen LogP contribution is 2.31. The van der Waals surface area contributed by atoms with E-state index in [-0.39, 0.29) is 30.0 Å². The Kier molecular flexibility index (Phi) is 8.17. The van der Waals surface area contributed by atoms with Crippen LogP contribution < -0.4 is 10.1 Å². The van der Waals surface area contributed by atoms with E-state index in [4.69, 9.17) is 16.3 Å². The Hall–Kier alpha value is -2.91. The molecule has 0 radical (unpaired) electrons. The second kappa shape index (κ2) is 10.6. The lowest BCUT2D eigenvalue weighted by Crippen LogP contribution is -2.27. The Morgan fingerprint density at radius 2 is 1.93 bits per heavy atom. The van der Waals surface area contributed by atoms with Crippen molar-refractivity contribution in [2.45, 2.75) is 12.7 Å². The molecule has 7 nitrogen and oxygen atoms in total. The molecule has 2 rings (SSSR count). The van der Waals surface area contributed by atoms with Crippen LogP contribution in [0.3, 0.4) is 0 Å². The molecule has 0 aliphatic carbocycles. The topological polar surface area (TPSA) is 94.1 Å². The lowest BCUT2D eigenvalue weighted by Gasteiger charge is -2.21. The standard InChI is InChI=1S/C19H18ClF2NO6/c1-27-19(26)23-5-6-28-16(11-3-2-4-14(20)8-11)12-7-13(17(24)25)10-15(9-12)29-18(21)22/h2-4,7-10,16,18H,5-6H2,1H3,(H,23,26)(H,24,25)/t16-/m1/s1. The van der Waals surface area contributed by atoms with E-state index < -0.39 is 24.8 Å². The van der Waals surface area contributed by atoms with Crippen LogP contribution in [0.4, 0.5) is 13.6 Å². The first-order valence-corrected chi connectivity index (χ1v) is 8.70. The van der Waals surface area contributed by atoms with Crippen molar-refractivity contribution in [1.82, 2.24) is 5.32 Å². The average Bonchev–Trinajstić information content (AvgIpc) is 2.66. The Labute approximate surface area is 170 Å². The fourth-order valence-corrected chi connectivity index (χ4v) is 2.72. The highest BCUT2D eigenvalue weighted by molar-refractivity contribution is 6.30. The summed E-state index contributed by atoms with van der Waals surface area (Å²) >= 11 is 6.03. The van der Waals surface area contributed by atoms with Gasteiger partial charge in [-0.05, 0) is 41.5 Å². The Morgan fingerprint density at radius 1 is 1.17 bits per heavy atom. The molecule has 2 aromatic rings. The lowest BCUT2D eigenvalue weighted by molar-refractivity contribution is -0.0500. The van der Waals surface area contributed by atoms with Gasteiger partial charge in [-0.15, -0.1) is 0 Å². The summed E-state index contributed by atoms with van der Waals surface area (Å²) in [6.45, 7) is -3.00. The number of aromatic carboxylic acids is 1. The summed E-state index contributed by atoms with van der Waals surface area (Å²) < 4.78 is 39.9. The maximum Gasteiger partial charge on any atom is 0.406 e. The van der Waals surface area contributed by atoms with Crippen LogP contribution in [0.5, 0.6) is 5.75 Å². The van der Waals surface area contributed by atoms with Crippen molar-refractivity contribution >= 4 is 23.7 Å². The van der Waals surface area contributed by atoms with E-state index in [9.17, 15) is 23.5 Å². The Morgan fingerprint density at radius 3 is 2.55 bits per heavy atom. The summed E-state index contributed by atoms with van der Waals surface area (Å²) in [6, 6.07) is 10.1. The van der Waals surface area contributed by atoms with Crippen molar-refractivity contribution in [2.24, 2.45) is 0 Å². The van der Waals surface area contributed by atoms with Gasteiger partial charge in [0.05, 0.1) is 19.3 Å². The van der Waals surface area contributed by atoms with Crippen LogP contribution in [0.15, 0.2) is 42.5 Å². The molecule has 2 N–H and O–H groups in total. The zero-order valence-electron chi connectivity index (χ0n) is 15.2. The van der Waals surface area contributed by atoms with E-state index in [1.54, 1.807) is 24.3 Å². The monoisotopic (exact) mass is 429 g/mol. The van der Waals surface area contributed by atoms with E-state index in [0.717, 1.165) is 6.07 Å². The van der Waals surface area contributed by atoms with Crippen molar-refractivity contribution in [2.75, 3.05) is 20.3 Å². The smallest absolute Gasteiger partial charge is 0.406 e. The molecule has 10 heteroatoms. The third-order valence-electron chi connectivity index (χ3n) is 3.70. The van der Waals surface area contributed by atoms with Gasteiger partial charge in [-0.2, -0.15) is 8.78 Å². The molecule has 156 valence electrons. The van der Waals surface area contributed by atoms with E-state index in [1.165, 1.54) is 19.2 Å². The minimum atomic E-state index is -3.12. The van der Waals surface area contributed by atoms with Crippen molar-refractivity contribution in [3.63, 3.8) is 0 Å². The summed E-state index contributed by atoms with van der Waals surface area (Å²) in [4.78, 5) is 22.6. The molecule has 0 bridgehead atoms. The highest BCUT2D eigenvalue weighted by atomic mass is 35.5. The van der Waals surface area contributed by atoms with Crippen LogP contribution in [0.25, 0.3) is 0 Å². The zero-order valence-corrected chi connectivity index (χ0v) is 16.0. The third-order valence-corrected chi connectivity index (χ3v) is 3.93. The van der Waals surface area contributed by atoms with Gasteiger partial charge in [0.15, 0.2) is 0 Å². The fraction of sp³-hybridized carbons (Fsp3) is 0.263. The molecule has 2 aromatic carbocycles. The lowest BCUT2D eigenvalue weighted by atomic mass is 9.99. The molecule has 0 aliphatic rings. The number of alkyl carbamates (subject to hydrolysis) is 1. The van der Waals surface area contributed by atoms with E-state index in [2.05, 4.69) is 14.8 Å². The molecule has 0 spiro atoms. The summed E-state index contributed by atoms with van der Waals surface area (Å²) in [7, 11) is 1.22. The first-order valence-electron chi connectivity index (χ1n) is 8.32. The summed E-state index contributed by atoms with van der Waals surface area (Å²) in [5, 5.41) is 12.1. The predicted molar refractivity (Wildman–Crippen MR) is 99.7 cm³/mol. The van der Waals surface area contributed by atoms with Gasteiger partial charge in [-0.1, -0.05) is 23.7 Å². The van der Waals surface area contributed by atoms with Gasteiger partial charge in [-0.3, -0.25) is 0 Å². The quantitative estimate of drug-likeness (QED) is 0.583. The van der Waals surface area contributed by atoms with Gasteiger partial charge in [0, 0.05) is 11.6 Å². The van der Waals surface area contributed by atoms with Gasteiger partial charge >= 0.3 is 18.7 Å². The molecular formula is C19H18ClF2NO6. The molecule has 0 heterocycles. The van der Waals surface area contributed by atoms with Gasteiger partial charge in [-0.25, -0.2) is 9.59 Å². The van der Waals surface area contributed by atoms with E-state index in [0.29, 0.717) is 10.6 Å². The largest absolute Gasteiger partial charge is 0.478 e. The number of amides is 1. The summed E-state index contributed by atoms with van der Waals surface area (Å²) in [5.41, 5.74) is 0.573. The van der Waals surface area contributed by atoms with E-state index >= 15 is 0 Å². The number of halogens is 3. The number of benzene rings is 2. The van der Waals surface area contributed by atoms with Crippen molar-refractivity contribution in [1.29, 1.82) is 0 Å². The summed E-state index contributed by atoms with van der Waals surface area (Å²) in [6.07, 6.45) is -1.50. The van der Waals surface area contributed by atoms with Gasteiger partial charge in [0.25, 0.3) is 0 Å². The SMILES string of the molecule is COC(=O)NCCO[C@H](c1cccc(Cl)c1)c1cc(OC(F)F)cc(C(=O)O)c1. The number of alkyl halides is 2. The van der Waals surface area contributed by atoms with Crippen LogP contribution >= 0.6 is 11.6 Å². The maximum absolute atomic E-state index is 12.6. The number of ether oxygens (including phenoxy) is 3. The Balaban J connectivity index is 2.37. The molecule has 0 aliphatic heterocycles. The van der Waals surface area contributed by atoms with Crippen molar-refractivity contribution in [3.8, 4) is 5.75 Å². The van der Waals surface area contributed by atoms with Gasteiger partial charge in [0.1, 0.15) is 11.9 Å². The third kappa shape index (κ3) is 6.88. The molecule has 0 unspecified atom stereocenters. The van der Waals surface area contributed by atoms with Gasteiger partial charge < -0.3 is 24.6 Å². The van der Waals surface area contributed by atoms with Crippen LogP contribution in [0, 0.1) is 0 Å². The minimum absolute atomic E-state index is 0.0224. The number of carbonyl (C=O) groups is 2. The molecule has 29 heavy (non-hydrogen) atoms. The second-order valence-corrected chi connectivity index (χ2v) is 6.14. The molecule has 1 amide bonds. The van der Waals surface area contributed by atoms with Crippen LogP contribution in [0.2, 0.25) is 5.02 Å². The van der Waals surface area contributed by atoms with Crippen LogP contribution in [-0.2, 0) is 9.47 Å². The number of carboxylic acids is 1. The van der Waals surface area contributed by atoms with E-state index in [1.807, 2.05) is 0 Å². The Bertz CT molecular complexity index is 864. The van der Waals surface area contributed by atoms with Crippen LogP contribution in [0.1, 0.15) is 27.6 Å². The molecule has 0 saturated heterocycles. The minimum Gasteiger partial charge on any atom is -0.478 e. The number of nitrogens with one attached hydrogen (secondary N) is 1. The maximum atomic E-state index is 12.6. The molecular weight excluding hydrogens is 412 g/mol. The van der Waals surface area contributed by atoms with Crippen LogP contribution in [-0.4, -0.2) is 44.0 Å². The second-order valence-electron chi connectivity index (χ2n) is 5.70. The molecule has 1 atom stereocenters. The predicted octanol–water partition coefficient (Wildman–Crippen LogP) is 4.10. The fourth-order valence-electron chi connectivity index (χ4n) is 2.52. The zero-order chi connectivity index (χ0) is 21.4. The first kappa shape index (κ1) is 22.4. The number of hydrogen-bond acceptors (Lipinski definition) is 5.